The molecule has 0 radical (unpaired) electrons. The molecular formula is C12H13NO2. The van der Waals surface area contributed by atoms with Gasteiger partial charge in [0.15, 0.2) is 0 Å². The van der Waals surface area contributed by atoms with Gasteiger partial charge in [0.1, 0.15) is 11.5 Å². The first-order valence-electron chi connectivity index (χ1n) is 4.76. The lowest BCUT2D eigenvalue weighted by Gasteiger charge is -2.07. The molecule has 1 heterocycles. The Morgan fingerprint density at radius 3 is 2.80 bits per heavy atom. The second kappa shape index (κ2) is 4.19. The summed E-state index contributed by atoms with van der Waals surface area (Å²) in [6.07, 6.45) is 1.65. The zero-order valence-electron chi connectivity index (χ0n) is 8.57. The molecule has 2 aromatic rings. The number of methoxy groups -OCH3 is 1. The SMILES string of the molecule is COc1ccc(-c2ccco2)c(CN)c1. The van der Waals surface area contributed by atoms with E-state index in [9.17, 15) is 0 Å². The fraction of sp³-hybridized carbons (Fsp3) is 0.167. The van der Waals surface area contributed by atoms with Crippen LogP contribution in [0.4, 0.5) is 0 Å². The van der Waals surface area contributed by atoms with Crippen molar-refractivity contribution in [3.63, 3.8) is 0 Å². The smallest absolute Gasteiger partial charge is 0.134 e. The van der Waals surface area contributed by atoms with Gasteiger partial charge in [0.2, 0.25) is 0 Å². The van der Waals surface area contributed by atoms with Crippen molar-refractivity contribution in [1.29, 1.82) is 0 Å². The van der Waals surface area contributed by atoms with E-state index < -0.39 is 0 Å². The van der Waals surface area contributed by atoms with E-state index in [1.165, 1.54) is 0 Å². The van der Waals surface area contributed by atoms with Crippen molar-refractivity contribution in [1.82, 2.24) is 0 Å². The standard InChI is InChI=1S/C12H13NO2/c1-14-10-4-5-11(9(7-10)8-13)12-3-2-6-15-12/h2-7H,8,13H2,1H3. The summed E-state index contributed by atoms with van der Waals surface area (Å²) < 4.78 is 10.5. The molecule has 0 saturated carbocycles. The molecule has 0 bridgehead atoms. The Morgan fingerprint density at radius 2 is 2.20 bits per heavy atom. The third kappa shape index (κ3) is 1.87. The van der Waals surface area contributed by atoms with Crippen LogP contribution in [0.1, 0.15) is 5.56 Å². The molecule has 15 heavy (non-hydrogen) atoms. The summed E-state index contributed by atoms with van der Waals surface area (Å²) in [5, 5.41) is 0. The molecule has 0 fully saturated rings. The maximum atomic E-state index is 5.68. The minimum Gasteiger partial charge on any atom is -0.497 e. The second-order valence-electron chi connectivity index (χ2n) is 3.20. The van der Waals surface area contributed by atoms with Crippen molar-refractivity contribution in [3.05, 3.63) is 42.2 Å². The Morgan fingerprint density at radius 1 is 1.33 bits per heavy atom. The normalized spacial score (nSPS) is 10.3. The number of rotatable bonds is 3. The maximum Gasteiger partial charge on any atom is 0.134 e. The Labute approximate surface area is 88.5 Å². The molecule has 0 aliphatic carbocycles. The van der Waals surface area contributed by atoms with Crippen LogP contribution in [-0.4, -0.2) is 7.11 Å². The summed E-state index contributed by atoms with van der Waals surface area (Å²) in [5.41, 5.74) is 7.72. The predicted octanol–water partition coefficient (Wildman–Crippen LogP) is 2.41. The Kier molecular flexibility index (Phi) is 2.74. The summed E-state index contributed by atoms with van der Waals surface area (Å²) >= 11 is 0. The van der Waals surface area contributed by atoms with Gasteiger partial charge in [-0.2, -0.15) is 0 Å². The first kappa shape index (κ1) is 9.80. The van der Waals surface area contributed by atoms with Gasteiger partial charge in [-0.1, -0.05) is 0 Å². The molecule has 0 aliphatic rings. The lowest BCUT2D eigenvalue weighted by Crippen LogP contribution is -1.99. The minimum atomic E-state index is 0.466. The molecule has 0 unspecified atom stereocenters. The van der Waals surface area contributed by atoms with E-state index in [0.29, 0.717) is 6.54 Å². The van der Waals surface area contributed by atoms with Crippen LogP contribution in [-0.2, 0) is 6.54 Å². The summed E-state index contributed by atoms with van der Waals surface area (Å²) in [4.78, 5) is 0. The number of benzene rings is 1. The average molecular weight is 203 g/mol. The van der Waals surface area contributed by atoms with E-state index in [0.717, 1.165) is 22.6 Å². The lowest BCUT2D eigenvalue weighted by molar-refractivity contribution is 0.414. The highest BCUT2D eigenvalue weighted by atomic mass is 16.5. The van der Waals surface area contributed by atoms with E-state index >= 15 is 0 Å². The van der Waals surface area contributed by atoms with Gasteiger partial charge in [0, 0.05) is 12.1 Å². The van der Waals surface area contributed by atoms with E-state index in [1.807, 2.05) is 30.3 Å². The highest BCUT2D eigenvalue weighted by Gasteiger charge is 2.07. The van der Waals surface area contributed by atoms with Crippen molar-refractivity contribution in [2.24, 2.45) is 5.73 Å². The van der Waals surface area contributed by atoms with Crippen LogP contribution in [0.3, 0.4) is 0 Å². The number of nitrogens with two attached hydrogens (primary N) is 1. The van der Waals surface area contributed by atoms with Crippen molar-refractivity contribution in [3.8, 4) is 17.1 Å². The Balaban J connectivity index is 2.48. The van der Waals surface area contributed by atoms with Crippen LogP contribution < -0.4 is 10.5 Å². The molecule has 0 spiro atoms. The average Bonchev–Trinajstić information content (AvgIpc) is 2.81. The number of ether oxygens (including phenoxy) is 1. The summed E-state index contributed by atoms with van der Waals surface area (Å²) in [7, 11) is 1.64. The van der Waals surface area contributed by atoms with Crippen molar-refractivity contribution >= 4 is 0 Å². The van der Waals surface area contributed by atoms with E-state index in [-0.39, 0.29) is 0 Å². The van der Waals surface area contributed by atoms with Crippen molar-refractivity contribution in [2.75, 3.05) is 7.11 Å². The zero-order chi connectivity index (χ0) is 10.7. The van der Waals surface area contributed by atoms with Gasteiger partial charge in [-0.05, 0) is 35.9 Å². The Hall–Kier alpha value is -1.74. The summed E-state index contributed by atoms with van der Waals surface area (Å²) in [5.74, 6) is 1.64. The van der Waals surface area contributed by atoms with Gasteiger partial charge in [-0.3, -0.25) is 0 Å². The highest BCUT2D eigenvalue weighted by Crippen LogP contribution is 2.27. The number of furan rings is 1. The molecule has 78 valence electrons. The molecule has 3 heteroatoms. The van der Waals surface area contributed by atoms with E-state index in [2.05, 4.69) is 0 Å². The fourth-order valence-corrected chi connectivity index (χ4v) is 1.54. The lowest BCUT2D eigenvalue weighted by atomic mass is 10.1. The number of hydrogen-bond donors (Lipinski definition) is 1. The van der Waals surface area contributed by atoms with Crippen molar-refractivity contribution in [2.45, 2.75) is 6.54 Å². The maximum absolute atomic E-state index is 5.68. The van der Waals surface area contributed by atoms with Crippen LogP contribution in [0.15, 0.2) is 41.0 Å². The molecule has 1 aromatic heterocycles. The Bertz CT molecular complexity index is 435. The van der Waals surface area contributed by atoms with Gasteiger partial charge in [0.25, 0.3) is 0 Å². The molecule has 0 amide bonds. The first-order chi connectivity index (χ1) is 7.35. The van der Waals surface area contributed by atoms with Gasteiger partial charge in [0.05, 0.1) is 13.4 Å². The van der Waals surface area contributed by atoms with Gasteiger partial charge in [-0.25, -0.2) is 0 Å². The molecule has 0 aliphatic heterocycles. The van der Waals surface area contributed by atoms with Crippen molar-refractivity contribution < 1.29 is 9.15 Å². The summed E-state index contributed by atoms with van der Waals surface area (Å²) in [6, 6.07) is 9.57. The largest absolute Gasteiger partial charge is 0.497 e. The highest BCUT2D eigenvalue weighted by molar-refractivity contribution is 5.63. The minimum absolute atomic E-state index is 0.466. The molecule has 2 rings (SSSR count). The van der Waals surface area contributed by atoms with E-state index in [4.69, 9.17) is 14.9 Å². The third-order valence-corrected chi connectivity index (χ3v) is 2.32. The zero-order valence-corrected chi connectivity index (χ0v) is 8.57. The van der Waals surface area contributed by atoms with Gasteiger partial charge < -0.3 is 14.9 Å². The van der Waals surface area contributed by atoms with Crippen LogP contribution in [0.2, 0.25) is 0 Å². The monoisotopic (exact) mass is 203 g/mol. The van der Waals surface area contributed by atoms with Crippen LogP contribution in [0.25, 0.3) is 11.3 Å². The molecular weight excluding hydrogens is 190 g/mol. The molecule has 1 aromatic carbocycles. The number of hydrogen-bond acceptors (Lipinski definition) is 3. The van der Waals surface area contributed by atoms with E-state index in [1.54, 1.807) is 13.4 Å². The van der Waals surface area contributed by atoms with Crippen LogP contribution >= 0.6 is 0 Å². The summed E-state index contributed by atoms with van der Waals surface area (Å²) in [6.45, 7) is 0.466. The fourth-order valence-electron chi connectivity index (χ4n) is 1.54. The second-order valence-corrected chi connectivity index (χ2v) is 3.20. The van der Waals surface area contributed by atoms with Gasteiger partial charge in [-0.15, -0.1) is 0 Å². The third-order valence-electron chi connectivity index (χ3n) is 2.32. The molecule has 3 nitrogen and oxygen atoms in total. The molecule has 0 saturated heterocycles. The molecule has 2 N–H and O–H groups in total. The molecule has 0 atom stereocenters. The topological polar surface area (TPSA) is 48.4 Å². The quantitative estimate of drug-likeness (QED) is 0.833. The first-order valence-corrected chi connectivity index (χ1v) is 4.76. The van der Waals surface area contributed by atoms with Crippen LogP contribution in [0, 0.1) is 0 Å². The van der Waals surface area contributed by atoms with Crippen LogP contribution in [0.5, 0.6) is 5.75 Å². The van der Waals surface area contributed by atoms with Gasteiger partial charge >= 0.3 is 0 Å². The predicted molar refractivity (Wildman–Crippen MR) is 58.6 cm³/mol.